The molecule has 3 nitrogen and oxygen atoms in total. The molecule has 0 radical (unpaired) electrons. The van der Waals surface area contributed by atoms with E-state index in [0.717, 1.165) is 28.5 Å². The van der Waals surface area contributed by atoms with Gasteiger partial charge in [-0.1, -0.05) is 170 Å². The highest BCUT2D eigenvalue weighted by Gasteiger charge is 2.62. The molecule has 14 rings (SSSR count). The summed E-state index contributed by atoms with van der Waals surface area (Å²) in [6.45, 7) is 0. The summed E-state index contributed by atoms with van der Waals surface area (Å²) in [5, 5.41) is 5.33. The van der Waals surface area contributed by atoms with Gasteiger partial charge in [0.05, 0.1) is 0 Å². The van der Waals surface area contributed by atoms with Gasteiger partial charge in [0.1, 0.15) is 0 Å². The van der Waals surface area contributed by atoms with Crippen molar-refractivity contribution in [3.8, 4) is 67.5 Å². The lowest BCUT2D eigenvalue weighted by Crippen LogP contribution is -2.55. The lowest BCUT2D eigenvalue weighted by molar-refractivity contribution is -0.0393. The molecule has 0 amide bonds. The Bertz CT molecular complexity index is 3110. The van der Waals surface area contributed by atoms with Gasteiger partial charge in [-0.05, 0) is 128 Å². The number of aromatic nitrogens is 3. The maximum atomic E-state index is 5.13. The maximum absolute atomic E-state index is 5.13. The third-order valence-electron chi connectivity index (χ3n) is 14.9. The monoisotopic (exact) mass is 769 g/mol. The first-order valence-corrected chi connectivity index (χ1v) is 21.9. The number of rotatable bonds is 5. The van der Waals surface area contributed by atoms with Crippen LogP contribution in [0.15, 0.2) is 176 Å². The number of nitrogens with zero attached hydrogens (tertiary/aromatic N) is 3. The van der Waals surface area contributed by atoms with Crippen molar-refractivity contribution in [3.63, 3.8) is 0 Å². The van der Waals surface area contributed by atoms with Crippen LogP contribution in [0.25, 0.3) is 89.1 Å². The van der Waals surface area contributed by atoms with E-state index in [1.807, 2.05) is 18.2 Å². The number of fused-ring (bicyclic) bond motifs is 6. The van der Waals surface area contributed by atoms with Gasteiger partial charge in [-0.15, -0.1) is 0 Å². The number of benzene rings is 8. The molecule has 4 bridgehead atoms. The molecule has 1 spiro atoms. The van der Waals surface area contributed by atoms with Gasteiger partial charge in [0.25, 0.3) is 0 Å². The summed E-state index contributed by atoms with van der Waals surface area (Å²) in [5.41, 5.74) is 14.1. The van der Waals surface area contributed by atoms with Gasteiger partial charge in [-0.2, -0.15) is 0 Å². The number of hydrogen-bond donors (Lipinski definition) is 0. The van der Waals surface area contributed by atoms with Gasteiger partial charge in [-0.25, -0.2) is 15.0 Å². The van der Waals surface area contributed by atoms with Gasteiger partial charge < -0.3 is 0 Å². The average Bonchev–Trinajstić information content (AvgIpc) is 3.61. The van der Waals surface area contributed by atoms with Crippen molar-refractivity contribution in [1.82, 2.24) is 15.0 Å². The van der Waals surface area contributed by atoms with E-state index in [0.29, 0.717) is 29.3 Å². The quantitative estimate of drug-likeness (QED) is 0.175. The maximum Gasteiger partial charge on any atom is 0.164 e. The molecule has 286 valence electrons. The Morgan fingerprint density at radius 1 is 0.350 bits per heavy atom. The fraction of sp³-hybridized carbons (Fsp3) is 0.175. The molecule has 0 saturated heterocycles. The molecule has 8 aromatic carbocycles. The second kappa shape index (κ2) is 13.1. The minimum absolute atomic E-state index is 0.0944. The first kappa shape index (κ1) is 34.2. The molecule has 5 aliphatic rings. The van der Waals surface area contributed by atoms with Crippen molar-refractivity contribution in [2.75, 3.05) is 0 Å². The summed E-state index contributed by atoms with van der Waals surface area (Å²) in [5.74, 6) is 5.25. The third kappa shape index (κ3) is 5.11. The van der Waals surface area contributed by atoms with Gasteiger partial charge in [0.2, 0.25) is 0 Å². The Labute approximate surface area is 350 Å². The SMILES string of the molecule is c1ccc(-c2nc(-c3ccc(-c4ccc5c(c4)C4(c6c-5ccc5ccccc65)C5CC6CC(C5)CC4C6)cc3)nc(-c3ccc(-c4cccc5ccccc45)cc3)n2)cc1. The van der Waals surface area contributed by atoms with E-state index in [2.05, 4.69) is 158 Å². The molecule has 4 saturated carbocycles. The van der Waals surface area contributed by atoms with E-state index in [4.69, 9.17) is 15.0 Å². The highest BCUT2D eigenvalue weighted by Crippen LogP contribution is 2.70. The Hall–Kier alpha value is -6.71. The van der Waals surface area contributed by atoms with Crippen LogP contribution < -0.4 is 0 Å². The van der Waals surface area contributed by atoms with E-state index in [-0.39, 0.29) is 5.41 Å². The van der Waals surface area contributed by atoms with Crippen LogP contribution in [0.3, 0.4) is 0 Å². The van der Waals surface area contributed by atoms with Gasteiger partial charge >= 0.3 is 0 Å². The van der Waals surface area contributed by atoms with Crippen LogP contribution in [0.1, 0.15) is 43.2 Å². The Kier molecular flexibility index (Phi) is 7.49. The van der Waals surface area contributed by atoms with Crippen molar-refractivity contribution >= 4 is 21.5 Å². The summed E-state index contributed by atoms with van der Waals surface area (Å²) in [6.07, 6.45) is 6.96. The Morgan fingerprint density at radius 3 is 1.52 bits per heavy atom. The normalized spacial score (nSPS) is 22.1. The van der Waals surface area contributed by atoms with Crippen molar-refractivity contribution in [2.45, 2.75) is 37.5 Å². The van der Waals surface area contributed by atoms with E-state index < -0.39 is 0 Å². The van der Waals surface area contributed by atoms with Crippen molar-refractivity contribution in [2.24, 2.45) is 23.7 Å². The van der Waals surface area contributed by atoms with Crippen LogP contribution in [0.5, 0.6) is 0 Å². The second-order valence-corrected chi connectivity index (χ2v) is 18.0. The van der Waals surface area contributed by atoms with Gasteiger partial charge in [0, 0.05) is 22.1 Å². The molecule has 1 heterocycles. The van der Waals surface area contributed by atoms with Crippen molar-refractivity contribution in [1.29, 1.82) is 0 Å². The molecule has 0 aliphatic heterocycles. The van der Waals surface area contributed by atoms with Crippen molar-refractivity contribution in [3.05, 3.63) is 187 Å². The minimum atomic E-state index is 0.0944. The van der Waals surface area contributed by atoms with E-state index in [1.165, 1.54) is 87.0 Å². The van der Waals surface area contributed by atoms with Crippen LogP contribution in [0, 0.1) is 23.7 Å². The lowest BCUT2D eigenvalue weighted by Gasteiger charge is -2.61. The summed E-state index contributed by atoms with van der Waals surface area (Å²) in [6, 6.07) is 64.2. The van der Waals surface area contributed by atoms with E-state index in [9.17, 15) is 0 Å². The van der Waals surface area contributed by atoms with Gasteiger partial charge in [-0.3, -0.25) is 0 Å². The molecular weight excluding hydrogens is 727 g/mol. The predicted molar refractivity (Wildman–Crippen MR) is 245 cm³/mol. The topological polar surface area (TPSA) is 38.7 Å². The molecule has 1 aromatic heterocycles. The van der Waals surface area contributed by atoms with Gasteiger partial charge in [0.15, 0.2) is 17.5 Å². The first-order chi connectivity index (χ1) is 29.7. The van der Waals surface area contributed by atoms with Crippen LogP contribution >= 0.6 is 0 Å². The first-order valence-electron chi connectivity index (χ1n) is 21.9. The summed E-state index contributed by atoms with van der Waals surface area (Å²) < 4.78 is 0. The van der Waals surface area contributed by atoms with Crippen molar-refractivity contribution < 1.29 is 0 Å². The molecule has 5 aliphatic carbocycles. The molecule has 9 aromatic rings. The Morgan fingerprint density at radius 2 is 0.850 bits per heavy atom. The molecule has 0 N–H and O–H groups in total. The van der Waals surface area contributed by atoms with E-state index in [1.54, 1.807) is 11.1 Å². The van der Waals surface area contributed by atoms with Crippen LogP contribution in [-0.2, 0) is 5.41 Å². The largest absolute Gasteiger partial charge is 0.208 e. The molecule has 4 fully saturated rings. The molecule has 0 atom stereocenters. The summed E-state index contributed by atoms with van der Waals surface area (Å²) in [4.78, 5) is 15.2. The fourth-order valence-corrected chi connectivity index (χ4v) is 12.6. The zero-order valence-electron chi connectivity index (χ0n) is 33.4. The average molecular weight is 770 g/mol. The third-order valence-corrected chi connectivity index (χ3v) is 14.9. The number of hydrogen-bond acceptors (Lipinski definition) is 3. The fourth-order valence-electron chi connectivity index (χ4n) is 12.6. The highest BCUT2D eigenvalue weighted by molar-refractivity contribution is 5.99. The summed E-state index contributed by atoms with van der Waals surface area (Å²) >= 11 is 0. The highest BCUT2D eigenvalue weighted by atomic mass is 15.0. The van der Waals surface area contributed by atoms with E-state index >= 15 is 0 Å². The van der Waals surface area contributed by atoms with Crippen LogP contribution in [0.2, 0.25) is 0 Å². The zero-order valence-corrected chi connectivity index (χ0v) is 33.4. The molecule has 3 heteroatoms. The second-order valence-electron chi connectivity index (χ2n) is 18.0. The predicted octanol–water partition coefficient (Wildman–Crippen LogP) is 14.2. The zero-order chi connectivity index (χ0) is 39.4. The smallest absolute Gasteiger partial charge is 0.164 e. The molecular formula is C57H43N3. The minimum Gasteiger partial charge on any atom is -0.208 e. The standard InChI is InChI=1S/C57H43N3/c1-2-11-41(12-3-1)54-58-55(60-56(59-54)43-23-19-40(20-24-43)48-16-8-13-38-9-4-6-14-47(38)48)42-21-17-37(18-22-42)44-26-27-50-51-28-25-39-10-5-7-15-49(39)53(51)57(52(50)34-44)45-30-35-29-36(32-45)33-46(57)31-35/h1-28,34-36,45-46H,29-33H2. The molecule has 0 unspecified atom stereocenters. The Balaban J connectivity index is 0.886. The van der Waals surface area contributed by atoms with Crippen LogP contribution in [-0.4, -0.2) is 15.0 Å². The molecule has 60 heavy (non-hydrogen) atoms. The summed E-state index contributed by atoms with van der Waals surface area (Å²) in [7, 11) is 0. The van der Waals surface area contributed by atoms with Crippen LogP contribution in [0.4, 0.5) is 0 Å². The lowest BCUT2D eigenvalue weighted by atomic mass is 9.43.